The lowest BCUT2D eigenvalue weighted by atomic mass is 9.92. The molecule has 1 aliphatic heterocycles. The zero-order valence-electron chi connectivity index (χ0n) is 9.52. The van der Waals surface area contributed by atoms with Gasteiger partial charge in [0.1, 0.15) is 0 Å². The standard InChI is InChI=1S/C13H16N2S/c1-15-7-3-10(4-8-15)13-11-5-9-16-12(11)2-6-14-13/h2,5-6,9-10H,3-4,7-8H2,1H3. The number of nitrogens with zero attached hydrogens (tertiary/aromatic N) is 2. The maximum atomic E-state index is 4.62. The first-order valence-electron chi connectivity index (χ1n) is 5.85. The maximum absolute atomic E-state index is 4.62. The molecule has 0 N–H and O–H groups in total. The zero-order chi connectivity index (χ0) is 11.0. The van der Waals surface area contributed by atoms with Crippen molar-refractivity contribution in [3.8, 4) is 0 Å². The minimum Gasteiger partial charge on any atom is -0.306 e. The molecule has 0 aliphatic carbocycles. The van der Waals surface area contributed by atoms with Crippen molar-refractivity contribution < 1.29 is 0 Å². The number of likely N-dealkylation sites (tertiary alicyclic amines) is 1. The molecule has 16 heavy (non-hydrogen) atoms. The lowest BCUT2D eigenvalue weighted by Gasteiger charge is -2.28. The Morgan fingerprint density at radius 2 is 2.12 bits per heavy atom. The fourth-order valence-corrected chi connectivity index (χ4v) is 3.31. The second-order valence-corrected chi connectivity index (χ2v) is 5.55. The quantitative estimate of drug-likeness (QED) is 0.751. The van der Waals surface area contributed by atoms with E-state index < -0.39 is 0 Å². The fourth-order valence-electron chi connectivity index (χ4n) is 2.52. The maximum Gasteiger partial charge on any atom is 0.0522 e. The zero-order valence-corrected chi connectivity index (χ0v) is 10.3. The molecule has 3 heteroatoms. The van der Waals surface area contributed by atoms with Crippen LogP contribution in [0.15, 0.2) is 23.7 Å². The van der Waals surface area contributed by atoms with E-state index in [2.05, 4.69) is 34.4 Å². The summed E-state index contributed by atoms with van der Waals surface area (Å²) < 4.78 is 1.38. The van der Waals surface area contributed by atoms with Crippen LogP contribution in [-0.2, 0) is 0 Å². The van der Waals surface area contributed by atoms with Gasteiger partial charge < -0.3 is 4.90 Å². The highest BCUT2D eigenvalue weighted by molar-refractivity contribution is 7.17. The van der Waals surface area contributed by atoms with Crippen LogP contribution in [0.1, 0.15) is 24.5 Å². The third kappa shape index (κ3) is 1.74. The first-order chi connectivity index (χ1) is 7.84. The van der Waals surface area contributed by atoms with Crippen molar-refractivity contribution in [2.24, 2.45) is 0 Å². The highest BCUT2D eigenvalue weighted by Gasteiger charge is 2.21. The predicted molar refractivity (Wildman–Crippen MR) is 69.1 cm³/mol. The van der Waals surface area contributed by atoms with Gasteiger partial charge in [0.05, 0.1) is 5.69 Å². The smallest absolute Gasteiger partial charge is 0.0522 e. The summed E-state index contributed by atoms with van der Waals surface area (Å²) in [5.41, 5.74) is 1.33. The number of fused-ring (bicyclic) bond motifs is 1. The molecule has 3 heterocycles. The van der Waals surface area contributed by atoms with E-state index in [0.717, 1.165) is 0 Å². The van der Waals surface area contributed by atoms with Crippen LogP contribution in [0.25, 0.3) is 10.1 Å². The summed E-state index contributed by atoms with van der Waals surface area (Å²) in [5.74, 6) is 0.662. The van der Waals surface area contributed by atoms with Crippen molar-refractivity contribution >= 4 is 21.4 Å². The molecule has 0 atom stereocenters. The monoisotopic (exact) mass is 232 g/mol. The summed E-state index contributed by atoms with van der Waals surface area (Å²) in [7, 11) is 2.20. The van der Waals surface area contributed by atoms with Gasteiger partial charge >= 0.3 is 0 Å². The molecule has 0 radical (unpaired) electrons. The van der Waals surface area contributed by atoms with Crippen molar-refractivity contribution in [2.75, 3.05) is 20.1 Å². The SMILES string of the molecule is CN1CCC(c2nccc3sccc23)CC1. The molecule has 0 spiro atoms. The van der Waals surface area contributed by atoms with Gasteiger partial charge in [0.2, 0.25) is 0 Å². The Bertz CT molecular complexity index is 483. The van der Waals surface area contributed by atoms with Crippen molar-refractivity contribution in [1.82, 2.24) is 9.88 Å². The Hall–Kier alpha value is -0.930. The largest absolute Gasteiger partial charge is 0.306 e. The van der Waals surface area contributed by atoms with Gasteiger partial charge in [-0.3, -0.25) is 4.98 Å². The molecule has 0 unspecified atom stereocenters. The van der Waals surface area contributed by atoms with Crippen LogP contribution in [0.2, 0.25) is 0 Å². The third-order valence-corrected chi connectivity index (χ3v) is 4.40. The second-order valence-electron chi connectivity index (χ2n) is 4.61. The Labute approximate surface area is 99.9 Å². The van der Waals surface area contributed by atoms with Gasteiger partial charge in [-0.15, -0.1) is 11.3 Å². The number of hydrogen-bond donors (Lipinski definition) is 0. The van der Waals surface area contributed by atoms with Gasteiger partial charge in [-0.1, -0.05) is 0 Å². The van der Waals surface area contributed by atoms with E-state index in [-0.39, 0.29) is 0 Å². The Kier molecular flexibility index (Phi) is 2.65. The molecular formula is C13H16N2S. The molecule has 1 aliphatic rings. The normalized spacial score (nSPS) is 19.3. The van der Waals surface area contributed by atoms with E-state index >= 15 is 0 Å². The van der Waals surface area contributed by atoms with Crippen molar-refractivity contribution in [1.29, 1.82) is 0 Å². The van der Waals surface area contributed by atoms with Gasteiger partial charge in [0, 0.05) is 22.2 Å². The lowest BCUT2D eigenvalue weighted by molar-refractivity contribution is 0.254. The van der Waals surface area contributed by atoms with Crippen molar-refractivity contribution in [3.05, 3.63) is 29.4 Å². The number of hydrogen-bond acceptors (Lipinski definition) is 3. The summed E-state index contributed by atoms with van der Waals surface area (Å²) in [5, 5.41) is 3.55. The molecule has 2 nitrogen and oxygen atoms in total. The number of rotatable bonds is 1. The summed E-state index contributed by atoms with van der Waals surface area (Å²) in [6.45, 7) is 2.40. The summed E-state index contributed by atoms with van der Waals surface area (Å²) in [6, 6.07) is 4.35. The van der Waals surface area contributed by atoms with E-state index in [0.29, 0.717) is 5.92 Å². The molecule has 0 bridgehead atoms. The number of thiophene rings is 1. The Balaban J connectivity index is 1.96. The number of pyridine rings is 1. The predicted octanol–water partition coefficient (Wildman–Crippen LogP) is 3.11. The van der Waals surface area contributed by atoms with Crippen LogP contribution in [0, 0.1) is 0 Å². The lowest BCUT2D eigenvalue weighted by Crippen LogP contribution is -2.29. The Morgan fingerprint density at radius 3 is 2.94 bits per heavy atom. The van der Waals surface area contributed by atoms with Crippen LogP contribution < -0.4 is 0 Å². The highest BCUT2D eigenvalue weighted by atomic mass is 32.1. The van der Waals surface area contributed by atoms with Crippen LogP contribution in [0.5, 0.6) is 0 Å². The number of aromatic nitrogens is 1. The van der Waals surface area contributed by atoms with Gasteiger partial charge in [-0.25, -0.2) is 0 Å². The number of piperidine rings is 1. The van der Waals surface area contributed by atoms with E-state index in [1.165, 1.54) is 41.7 Å². The van der Waals surface area contributed by atoms with E-state index in [9.17, 15) is 0 Å². The topological polar surface area (TPSA) is 16.1 Å². The van der Waals surface area contributed by atoms with Gasteiger partial charge in [-0.2, -0.15) is 0 Å². The van der Waals surface area contributed by atoms with Crippen LogP contribution in [0.4, 0.5) is 0 Å². The third-order valence-electron chi connectivity index (χ3n) is 3.52. The molecule has 0 saturated carbocycles. The highest BCUT2D eigenvalue weighted by Crippen LogP contribution is 2.32. The van der Waals surface area contributed by atoms with Crippen molar-refractivity contribution in [2.45, 2.75) is 18.8 Å². The molecule has 1 fully saturated rings. The van der Waals surface area contributed by atoms with Gasteiger partial charge in [0.15, 0.2) is 0 Å². The van der Waals surface area contributed by atoms with E-state index in [1.807, 2.05) is 17.5 Å². The molecule has 0 amide bonds. The second kappa shape index (κ2) is 4.15. The molecule has 3 rings (SSSR count). The molecule has 84 valence electrons. The molecular weight excluding hydrogens is 216 g/mol. The van der Waals surface area contributed by atoms with Crippen LogP contribution >= 0.6 is 11.3 Å². The molecule has 2 aromatic heterocycles. The first-order valence-corrected chi connectivity index (χ1v) is 6.73. The minimum absolute atomic E-state index is 0.662. The average molecular weight is 232 g/mol. The summed E-state index contributed by atoms with van der Waals surface area (Å²) >= 11 is 1.82. The Morgan fingerprint density at radius 1 is 1.31 bits per heavy atom. The van der Waals surface area contributed by atoms with Gasteiger partial charge in [0.25, 0.3) is 0 Å². The molecule has 0 aromatic carbocycles. The summed E-state index contributed by atoms with van der Waals surface area (Å²) in [6.07, 6.45) is 4.46. The first kappa shape index (κ1) is 10.2. The minimum atomic E-state index is 0.662. The van der Waals surface area contributed by atoms with Crippen LogP contribution in [-0.4, -0.2) is 30.0 Å². The van der Waals surface area contributed by atoms with Gasteiger partial charge in [-0.05, 0) is 50.5 Å². The summed E-state index contributed by atoms with van der Waals surface area (Å²) in [4.78, 5) is 7.02. The molecule has 2 aromatic rings. The van der Waals surface area contributed by atoms with Crippen LogP contribution in [0.3, 0.4) is 0 Å². The van der Waals surface area contributed by atoms with Crippen molar-refractivity contribution in [3.63, 3.8) is 0 Å². The van der Waals surface area contributed by atoms with E-state index in [1.54, 1.807) is 0 Å². The fraction of sp³-hybridized carbons (Fsp3) is 0.462. The average Bonchev–Trinajstić information content (AvgIpc) is 2.78. The van der Waals surface area contributed by atoms with E-state index in [4.69, 9.17) is 0 Å². The molecule has 1 saturated heterocycles.